The van der Waals surface area contributed by atoms with Gasteiger partial charge in [-0.1, -0.05) is 6.07 Å². The smallest absolute Gasteiger partial charge is 0.159 e. The number of pyridine rings is 1. The van der Waals surface area contributed by atoms with Crippen LogP contribution in [-0.2, 0) is 0 Å². The molecule has 0 atom stereocenters. The van der Waals surface area contributed by atoms with Gasteiger partial charge < -0.3 is 9.47 Å². The first-order chi connectivity index (χ1) is 8.19. The summed E-state index contributed by atoms with van der Waals surface area (Å²) in [6, 6.07) is 9.23. The Labute approximate surface area is 116 Å². The van der Waals surface area contributed by atoms with Crippen molar-refractivity contribution in [1.29, 1.82) is 0 Å². The van der Waals surface area contributed by atoms with Gasteiger partial charge in [-0.2, -0.15) is 0 Å². The van der Waals surface area contributed by atoms with Crippen LogP contribution in [0.25, 0.3) is 0 Å². The Morgan fingerprint density at radius 2 is 1.88 bits per heavy atom. The lowest BCUT2D eigenvalue weighted by Crippen LogP contribution is -1.88. The highest BCUT2D eigenvalue weighted by Crippen LogP contribution is 2.31. The summed E-state index contributed by atoms with van der Waals surface area (Å²) >= 11 is 6.70. The molecule has 0 N–H and O–H groups in total. The number of hydrogen-bond acceptors (Lipinski definition) is 3. The second kappa shape index (κ2) is 5.51. The molecule has 1 aromatic heterocycles. The lowest BCUT2D eigenvalue weighted by Gasteiger charge is -2.08. The molecule has 0 aliphatic carbocycles. The summed E-state index contributed by atoms with van der Waals surface area (Å²) < 4.78 is 12.4. The van der Waals surface area contributed by atoms with E-state index in [4.69, 9.17) is 9.47 Å². The summed E-state index contributed by atoms with van der Waals surface area (Å²) in [7, 11) is 1.62. The van der Waals surface area contributed by atoms with E-state index in [1.807, 2.05) is 30.3 Å². The van der Waals surface area contributed by atoms with Crippen molar-refractivity contribution in [3.05, 3.63) is 45.6 Å². The third-order valence-electron chi connectivity index (χ3n) is 2.06. The van der Waals surface area contributed by atoms with Gasteiger partial charge in [0.15, 0.2) is 5.75 Å². The molecule has 2 aromatic rings. The summed E-state index contributed by atoms with van der Waals surface area (Å²) in [5, 5.41) is 0. The Balaban J connectivity index is 2.25. The molecule has 2 rings (SSSR count). The first-order valence-electron chi connectivity index (χ1n) is 4.82. The SMILES string of the molecule is COc1cccc(Oc2cnc(Br)cc2Br)c1. The standard InChI is InChI=1S/C12H9Br2NO2/c1-16-8-3-2-4-9(5-8)17-11-7-15-12(14)6-10(11)13/h2-7H,1H3. The topological polar surface area (TPSA) is 31.4 Å². The second-order valence-electron chi connectivity index (χ2n) is 3.22. The van der Waals surface area contributed by atoms with E-state index in [0.29, 0.717) is 11.5 Å². The maximum absolute atomic E-state index is 5.70. The van der Waals surface area contributed by atoms with Crippen molar-refractivity contribution < 1.29 is 9.47 Å². The minimum atomic E-state index is 0.654. The number of methoxy groups -OCH3 is 1. The fourth-order valence-corrected chi connectivity index (χ4v) is 2.30. The van der Waals surface area contributed by atoms with Crippen LogP contribution in [-0.4, -0.2) is 12.1 Å². The van der Waals surface area contributed by atoms with Gasteiger partial charge in [0.2, 0.25) is 0 Å². The van der Waals surface area contributed by atoms with Crippen LogP contribution in [0.1, 0.15) is 0 Å². The Morgan fingerprint density at radius 3 is 2.59 bits per heavy atom. The number of hydrogen-bond donors (Lipinski definition) is 0. The van der Waals surface area contributed by atoms with Gasteiger partial charge in [-0.05, 0) is 50.1 Å². The maximum Gasteiger partial charge on any atom is 0.159 e. The minimum absolute atomic E-state index is 0.654. The van der Waals surface area contributed by atoms with Gasteiger partial charge >= 0.3 is 0 Å². The Kier molecular flexibility index (Phi) is 4.02. The van der Waals surface area contributed by atoms with Gasteiger partial charge in [-0.3, -0.25) is 0 Å². The predicted molar refractivity (Wildman–Crippen MR) is 72.7 cm³/mol. The van der Waals surface area contributed by atoms with Crippen LogP contribution >= 0.6 is 31.9 Å². The zero-order valence-electron chi connectivity index (χ0n) is 8.98. The maximum atomic E-state index is 5.70. The molecule has 17 heavy (non-hydrogen) atoms. The average molecular weight is 359 g/mol. The van der Waals surface area contributed by atoms with E-state index in [1.54, 1.807) is 13.3 Å². The molecular formula is C12H9Br2NO2. The molecule has 3 nitrogen and oxygen atoms in total. The lowest BCUT2D eigenvalue weighted by atomic mass is 10.3. The van der Waals surface area contributed by atoms with Gasteiger partial charge in [-0.15, -0.1) is 0 Å². The van der Waals surface area contributed by atoms with Crippen LogP contribution in [0.4, 0.5) is 0 Å². The molecule has 0 amide bonds. The molecule has 1 heterocycles. The molecule has 0 aliphatic rings. The molecule has 0 spiro atoms. The zero-order chi connectivity index (χ0) is 12.3. The van der Waals surface area contributed by atoms with Crippen molar-refractivity contribution in [2.75, 3.05) is 7.11 Å². The molecule has 1 aromatic carbocycles. The van der Waals surface area contributed by atoms with Crippen LogP contribution < -0.4 is 9.47 Å². The normalized spacial score (nSPS) is 10.1. The molecule has 0 radical (unpaired) electrons. The van der Waals surface area contributed by atoms with E-state index in [-0.39, 0.29) is 0 Å². The largest absolute Gasteiger partial charge is 0.497 e. The molecule has 0 fully saturated rings. The van der Waals surface area contributed by atoms with E-state index in [9.17, 15) is 0 Å². The van der Waals surface area contributed by atoms with E-state index in [0.717, 1.165) is 14.8 Å². The number of nitrogens with zero attached hydrogens (tertiary/aromatic N) is 1. The minimum Gasteiger partial charge on any atom is -0.497 e. The Morgan fingerprint density at radius 1 is 1.12 bits per heavy atom. The Bertz CT molecular complexity index is 532. The fourth-order valence-electron chi connectivity index (χ4n) is 1.26. The van der Waals surface area contributed by atoms with Crippen molar-refractivity contribution in [2.24, 2.45) is 0 Å². The number of aromatic nitrogens is 1. The molecule has 88 valence electrons. The van der Waals surface area contributed by atoms with E-state index >= 15 is 0 Å². The predicted octanol–water partition coefficient (Wildman–Crippen LogP) is 4.41. The van der Waals surface area contributed by atoms with Crippen LogP contribution in [0.15, 0.2) is 45.6 Å². The van der Waals surface area contributed by atoms with Gasteiger partial charge in [0.1, 0.15) is 16.1 Å². The molecular weight excluding hydrogens is 350 g/mol. The van der Waals surface area contributed by atoms with Crippen molar-refractivity contribution in [3.8, 4) is 17.2 Å². The molecule has 0 unspecified atom stereocenters. The van der Waals surface area contributed by atoms with Crippen LogP contribution in [0, 0.1) is 0 Å². The molecule has 0 aliphatic heterocycles. The van der Waals surface area contributed by atoms with Gasteiger partial charge in [0.25, 0.3) is 0 Å². The summed E-state index contributed by atoms with van der Waals surface area (Å²) in [5.74, 6) is 2.11. The fraction of sp³-hybridized carbons (Fsp3) is 0.0833. The van der Waals surface area contributed by atoms with Crippen LogP contribution in [0.3, 0.4) is 0 Å². The molecule has 0 saturated carbocycles. The van der Waals surface area contributed by atoms with E-state index in [1.165, 1.54) is 0 Å². The first-order valence-corrected chi connectivity index (χ1v) is 6.40. The number of halogens is 2. The van der Waals surface area contributed by atoms with Crippen molar-refractivity contribution >= 4 is 31.9 Å². The number of rotatable bonds is 3. The quantitative estimate of drug-likeness (QED) is 0.761. The monoisotopic (exact) mass is 357 g/mol. The summed E-state index contributed by atoms with van der Waals surface area (Å²) in [6.07, 6.45) is 1.65. The van der Waals surface area contributed by atoms with Crippen LogP contribution in [0.5, 0.6) is 17.2 Å². The highest BCUT2D eigenvalue weighted by molar-refractivity contribution is 9.11. The summed E-state index contributed by atoms with van der Waals surface area (Å²) in [5.41, 5.74) is 0. The van der Waals surface area contributed by atoms with Gasteiger partial charge in [-0.25, -0.2) is 4.98 Å². The molecule has 0 bridgehead atoms. The van der Waals surface area contributed by atoms with E-state index < -0.39 is 0 Å². The first kappa shape index (κ1) is 12.4. The number of benzene rings is 1. The average Bonchev–Trinajstić information content (AvgIpc) is 2.33. The third kappa shape index (κ3) is 3.20. The Hall–Kier alpha value is -1.07. The van der Waals surface area contributed by atoms with Crippen molar-refractivity contribution in [1.82, 2.24) is 4.98 Å². The van der Waals surface area contributed by atoms with Crippen LogP contribution in [0.2, 0.25) is 0 Å². The van der Waals surface area contributed by atoms with Gasteiger partial charge in [0.05, 0.1) is 17.8 Å². The summed E-state index contributed by atoms with van der Waals surface area (Å²) in [4.78, 5) is 4.11. The highest BCUT2D eigenvalue weighted by atomic mass is 79.9. The lowest BCUT2D eigenvalue weighted by molar-refractivity contribution is 0.408. The third-order valence-corrected chi connectivity index (χ3v) is 3.11. The zero-order valence-corrected chi connectivity index (χ0v) is 12.2. The molecule has 0 saturated heterocycles. The van der Waals surface area contributed by atoms with Crippen molar-refractivity contribution in [3.63, 3.8) is 0 Å². The summed E-state index contributed by atoms with van der Waals surface area (Å²) in [6.45, 7) is 0. The van der Waals surface area contributed by atoms with E-state index in [2.05, 4.69) is 36.8 Å². The van der Waals surface area contributed by atoms with Crippen molar-refractivity contribution in [2.45, 2.75) is 0 Å². The number of ether oxygens (including phenoxy) is 2. The molecule has 5 heteroatoms. The van der Waals surface area contributed by atoms with Gasteiger partial charge in [0, 0.05) is 6.07 Å². The highest BCUT2D eigenvalue weighted by Gasteiger charge is 2.05. The second-order valence-corrected chi connectivity index (χ2v) is 4.89.